The Kier molecular flexibility index (Phi) is 5.76. The molecule has 0 unspecified atom stereocenters. The van der Waals surface area contributed by atoms with Crippen molar-refractivity contribution in [2.24, 2.45) is 0 Å². The van der Waals surface area contributed by atoms with Crippen LogP contribution in [0, 0.1) is 0 Å². The zero-order chi connectivity index (χ0) is 18.5. The fraction of sp³-hybridized carbons (Fsp3) is 0.429. The summed E-state index contributed by atoms with van der Waals surface area (Å²) in [6.45, 7) is 6.62. The van der Waals surface area contributed by atoms with Crippen molar-refractivity contribution in [3.63, 3.8) is 0 Å². The lowest BCUT2D eigenvalue weighted by molar-refractivity contribution is -0.132. The molecule has 1 aliphatic rings. The second kappa shape index (κ2) is 8.21. The van der Waals surface area contributed by atoms with Crippen molar-refractivity contribution in [1.82, 2.24) is 9.80 Å². The van der Waals surface area contributed by atoms with Gasteiger partial charge >= 0.3 is 0 Å². The fourth-order valence-corrected chi connectivity index (χ4v) is 3.20. The number of rotatable bonds is 5. The molecule has 5 nitrogen and oxygen atoms in total. The van der Waals surface area contributed by atoms with Gasteiger partial charge in [-0.05, 0) is 35.7 Å². The van der Waals surface area contributed by atoms with Gasteiger partial charge < -0.3 is 14.2 Å². The SMILES string of the molecule is CC(C)c1ccc(C(=O)N2CCN(C(=O)CCc3ccco3)CC2)cc1. The molecule has 1 aliphatic heterocycles. The van der Waals surface area contributed by atoms with Crippen molar-refractivity contribution in [2.45, 2.75) is 32.6 Å². The highest BCUT2D eigenvalue weighted by atomic mass is 16.3. The Morgan fingerprint density at radius 1 is 1.00 bits per heavy atom. The largest absolute Gasteiger partial charge is 0.469 e. The van der Waals surface area contributed by atoms with Crippen molar-refractivity contribution in [3.8, 4) is 0 Å². The minimum Gasteiger partial charge on any atom is -0.469 e. The summed E-state index contributed by atoms with van der Waals surface area (Å²) in [5, 5.41) is 0. The van der Waals surface area contributed by atoms with E-state index in [9.17, 15) is 9.59 Å². The van der Waals surface area contributed by atoms with Crippen LogP contribution in [-0.2, 0) is 11.2 Å². The van der Waals surface area contributed by atoms with Crippen LogP contribution < -0.4 is 0 Å². The van der Waals surface area contributed by atoms with Gasteiger partial charge in [-0.2, -0.15) is 0 Å². The number of nitrogens with zero attached hydrogens (tertiary/aromatic N) is 2. The Bertz CT molecular complexity index is 727. The molecule has 1 fully saturated rings. The second-order valence-corrected chi connectivity index (χ2v) is 7.03. The van der Waals surface area contributed by atoms with E-state index >= 15 is 0 Å². The summed E-state index contributed by atoms with van der Waals surface area (Å²) < 4.78 is 5.27. The molecule has 138 valence electrons. The first-order valence-electron chi connectivity index (χ1n) is 9.24. The van der Waals surface area contributed by atoms with Crippen LogP contribution in [0.1, 0.15) is 47.9 Å². The number of hydrogen-bond acceptors (Lipinski definition) is 3. The molecule has 26 heavy (non-hydrogen) atoms. The standard InChI is InChI=1S/C21H26N2O3/c1-16(2)17-5-7-18(8-6-17)21(25)23-13-11-22(12-14-23)20(24)10-9-19-4-3-15-26-19/h3-8,15-16H,9-14H2,1-2H3. The molecule has 0 atom stereocenters. The third-order valence-corrected chi connectivity index (χ3v) is 4.91. The summed E-state index contributed by atoms with van der Waals surface area (Å²) in [5.41, 5.74) is 1.94. The summed E-state index contributed by atoms with van der Waals surface area (Å²) in [6, 6.07) is 11.6. The van der Waals surface area contributed by atoms with Gasteiger partial charge in [0.2, 0.25) is 5.91 Å². The lowest BCUT2D eigenvalue weighted by Crippen LogP contribution is -2.50. The lowest BCUT2D eigenvalue weighted by Gasteiger charge is -2.35. The molecule has 1 aromatic carbocycles. The van der Waals surface area contributed by atoms with Crippen LogP contribution in [0.25, 0.3) is 0 Å². The second-order valence-electron chi connectivity index (χ2n) is 7.03. The topological polar surface area (TPSA) is 53.8 Å². The zero-order valence-electron chi connectivity index (χ0n) is 15.5. The van der Waals surface area contributed by atoms with Gasteiger partial charge in [-0.15, -0.1) is 0 Å². The van der Waals surface area contributed by atoms with Gasteiger partial charge in [0, 0.05) is 44.6 Å². The molecule has 0 aliphatic carbocycles. The van der Waals surface area contributed by atoms with Crippen LogP contribution in [0.3, 0.4) is 0 Å². The van der Waals surface area contributed by atoms with Crippen molar-refractivity contribution >= 4 is 11.8 Å². The molecular formula is C21H26N2O3. The van der Waals surface area contributed by atoms with Gasteiger partial charge in [0.15, 0.2) is 0 Å². The van der Waals surface area contributed by atoms with Gasteiger partial charge in [0.05, 0.1) is 6.26 Å². The third kappa shape index (κ3) is 4.34. The highest BCUT2D eigenvalue weighted by Gasteiger charge is 2.24. The Balaban J connectivity index is 1.49. The van der Waals surface area contributed by atoms with Crippen molar-refractivity contribution < 1.29 is 14.0 Å². The first kappa shape index (κ1) is 18.2. The van der Waals surface area contributed by atoms with Gasteiger partial charge in [0.1, 0.15) is 5.76 Å². The Morgan fingerprint density at radius 3 is 2.23 bits per heavy atom. The van der Waals surface area contributed by atoms with Gasteiger partial charge in [-0.1, -0.05) is 26.0 Å². The van der Waals surface area contributed by atoms with E-state index in [0.29, 0.717) is 50.5 Å². The average molecular weight is 354 g/mol. The number of hydrogen-bond donors (Lipinski definition) is 0. The van der Waals surface area contributed by atoms with E-state index in [2.05, 4.69) is 13.8 Å². The minimum atomic E-state index is 0.0444. The van der Waals surface area contributed by atoms with Crippen LogP contribution in [0.2, 0.25) is 0 Å². The number of piperazine rings is 1. The van der Waals surface area contributed by atoms with E-state index in [1.54, 1.807) is 6.26 Å². The number of carbonyl (C=O) groups excluding carboxylic acids is 2. The quantitative estimate of drug-likeness (QED) is 0.828. The summed E-state index contributed by atoms with van der Waals surface area (Å²) in [6.07, 6.45) is 2.68. The first-order valence-corrected chi connectivity index (χ1v) is 9.24. The molecule has 0 radical (unpaired) electrons. The van der Waals surface area contributed by atoms with Crippen molar-refractivity contribution in [1.29, 1.82) is 0 Å². The Hall–Kier alpha value is -2.56. The summed E-state index contributed by atoms with van der Waals surface area (Å²) in [7, 11) is 0. The van der Waals surface area contributed by atoms with E-state index < -0.39 is 0 Å². The molecule has 0 spiro atoms. The smallest absolute Gasteiger partial charge is 0.253 e. The monoisotopic (exact) mass is 354 g/mol. The van der Waals surface area contributed by atoms with Gasteiger partial charge in [0.25, 0.3) is 5.91 Å². The van der Waals surface area contributed by atoms with Crippen molar-refractivity contribution in [3.05, 3.63) is 59.5 Å². The summed E-state index contributed by atoms with van der Waals surface area (Å²) >= 11 is 0. The molecule has 2 heterocycles. The third-order valence-electron chi connectivity index (χ3n) is 4.91. The lowest BCUT2D eigenvalue weighted by atomic mass is 10.0. The maximum atomic E-state index is 12.6. The molecule has 1 aromatic heterocycles. The molecule has 0 bridgehead atoms. The van der Waals surface area contributed by atoms with Crippen LogP contribution in [-0.4, -0.2) is 47.8 Å². The number of aryl methyl sites for hydroxylation is 1. The van der Waals surface area contributed by atoms with Crippen LogP contribution in [0.15, 0.2) is 47.1 Å². The first-order chi connectivity index (χ1) is 12.5. The van der Waals surface area contributed by atoms with Crippen molar-refractivity contribution in [2.75, 3.05) is 26.2 Å². The highest BCUT2D eigenvalue weighted by Crippen LogP contribution is 2.16. The molecule has 3 rings (SSSR count). The molecule has 5 heteroatoms. The van der Waals surface area contributed by atoms with E-state index in [1.165, 1.54) is 5.56 Å². The fourth-order valence-electron chi connectivity index (χ4n) is 3.20. The average Bonchev–Trinajstić information content (AvgIpc) is 3.19. The zero-order valence-corrected chi connectivity index (χ0v) is 15.5. The maximum absolute atomic E-state index is 12.6. The number of furan rings is 1. The van der Waals surface area contributed by atoms with Gasteiger partial charge in [-0.3, -0.25) is 9.59 Å². The highest BCUT2D eigenvalue weighted by molar-refractivity contribution is 5.94. The van der Waals surface area contributed by atoms with Crippen LogP contribution >= 0.6 is 0 Å². The van der Waals surface area contributed by atoms with E-state index in [-0.39, 0.29) is 11.8 Å². The number of benzene rings is 1. The van der Waals surface area contributed by atoms with Crippen LogP contribution in [0.5, 0.6) is 0 Å². The maximum Gasteiger partial charge on any atom is 0.253 e. The normalized spacial score (nSPS) is 14.7. The minimum absolute atomic E-state index is 0.0444. The summed E-state index contributed by atoms with van der Waals surface area (Å²) in [5.74, 6) is 1.45. The number of amides is 2. The Morgan fingerprint density at radius 2 is 1.65 bits per heavy atom. The van der Waals surface area contributed by atoms with E-state index in [4.69, 9.17) is 4.42 Å². The Labute approximate surface area is 154 Å². The molecular weight excluding hydrogens is 328 g/mol. The molecule has 0 saturated carbocycles. The van der Waals surface area contributed by atoms with E-state index in [0.717, 1.165) is 5.76 Å². The predicted molar refractivity (Wildman–Crippen MR) is 100 cm³/mol. The summed E-state index contributed by atoms with van der Waals surface area (Å²) in [4.78, 5) is 28.6. The molecule has 2 aromatic rings. The predicted octanol–water partition coefficient (Wildman–Crippen LogP) is 3.32. The molecule has 2 amide bonds. The number of carbonyl (C=O) groups is 2. The molecule has 0 N–H and O–H groups in total. The van der Waals surface area contributed by atoms with E-state index in [1.807, 2.05) is 46.2 Å². The molecule has 1 saturated heterocycles. The van der Waals surface area contributed by atoms with Crippen LogP contribution in [0.4, 0.5) is 0 Å². The van der Waals surface area contributed by atoms with Gasteiger partial charge in [-0.25, -0.2) is 0 Å².